The van der Waals surface area contributed by atoms with E-state index in [0.717, 1.165) is 5.56 Å². The minimum atomic E-state index is -1.07. The topological polar surface area (TPSA) is 98.8 Å². The van der Waals surface area contributed by atoms with E-state index in [2.05, 4.69) is 0 Å². The molecule has 0 bridgehead atoms. The van der Waals surface area contributed by atoms with Crippen molar-refractivity contribution in [3.63, 3.8) is 0 Å². The molecule has 9 heteroatoms. The zero-order valence-electron chi connectivity index (χ0n) is 18.5. The molecule has 2 fully saturated rings. The first-order valence-electron chi connectivity index (χ1n) is 10.6. The van der Waals surface area contributed by atoms with Crippen molar-refractivity contribution in [1.29, 1.82) is 0 Å². The molecule has 0 saturated carbocycles. The van der Waals surface area contributed by atoms with Crippen LogP contribution in [0.25, 0.3) is 0 Å². The maximum Gasteiger partial charge on any atom is 0.303 e. The molecule has 0 amide bonds. The molecule has 2 aliphatic rings. The van der Waals surface area contributed by atoms with Crippen molar-refractivity contribution in [2.75, 3.05) is 13.7 Å². The van der Waals surface area contributed by atoms with Crippen LogP contribution in [0.4, 0.5) is 0 Å². The lowest BCUT2D eigenvalue weighted by molar-refractivity contribution is -0.351. The van der Waals surface area contributed by atoms with E-state index in [4.69, 9.17) is 33.2 Å². The number of methoxy groups -OCH3 is 1. The van der Waals surface area contributed by atoms with Gasteiger partial charge in [0.2, 0.25) is 12.4 Å². The SMILES string of the molecule is COc1ccc(O[C@@H]2O[C@@H]3CO[C@H](c4ccccc4)O[C@@H]3[C@H](OC(C)=O)[C@H]2OC(C)=O)cc1. The van der Waals surface area contributed by atoms with E-state index in [-0.39, 0.29) is 6.61 Å². The van der Waals surface area contributed by atoms with Crippen LogP contribution in [-0.4, -0.2) is 56.4 Å². The van der Waals surface area contributed by atoms with Gasteiger partial charge in [0.25, 0.3) is 0 Å². The summed E-state index contributed by atoms with van der Waals surface area (Å²) in [7, 11) is 1.56. The Kier molecular flexibility index (Phi) is 7.12. The third-order valence-corrected chi connectivity index (χ3v) is 5.27. The second kappa shape index (κ2) is 10.2. The Balaban J connectivity index is 1.60. The Morgan fingerprint density at radius 3 is 2.12 bits per heavy atom. The van der Waals surface area contributed by atoms with Gasteiger partial charge in [0.1, 0.15) is 23.7 Å². The van der Waals surface area contributed by atoms with Gasteiger partial charge in [-0.1, -0.05) is 30.3 Å². The first kappa shape index (κ1) is 23.0. The van der Waals surface area contributed by atoms with Gasteiger partial charge in [-0.2, -0.15) is 0 Å². The lowest BCUT2D eigenvalue weighted by atomic mass is 9.97. The zero-order valence-corrected chi connectivity index (χ0v) is 18.5. The second-order valence-electron chi connectivity index (χ2n) is 7.66. The van der Waals surface area contributed by atoms with Crippen LogP contribution in [0.5, 0.6) is 11.5 Å². The fraction of sp³-hybridized carbons (Fsp3) is 0.417. The predicted molar refractivity (Wildman–Crippen MR) is 113 cm³/mol. The zero-order chi connectivity index (χ0) is 23.4. The Bertz CT molecular complexity index is 946. The maximum atomic E-state index is 12.0. The van der Waals surface area contributed by atoms with Gasteiger partial charge in [-0.15, -0.1) is 0 Å². The normalized spacial score (nSPS) is 28.8. The molecule has 2 saturated heterocycles. The van der Waals surface area contributed by atoms with Gasteiger partial charge in [-0.3, -0.25) is 9.59 Å². The second-order valence-corrected chi connectivity index (χ2v) is 7.66. The molecule has 33 heavy (non-hydrogen) atoms. The summed E-state index contributed by atoms with van der Waals surface area (Å²) in [6.45, 7) is 2.71. The van der Waals surface area contributed by atoms with Gasteiger partial charge in [-0.25, -0.2) is 0 Å². The van der Waals surface area contributed by atoms with Gasteiger partial charge in [0.05, 0.1) is 13.7 Å². The largest absolute Gasteiger partial charge is 0.497 e. The van der Waals surface area contributed by atoms with E-state index in [1.807, 2.05) is 30.3 Å². The van der Waals surface area contributed by atoms with E-state index < -0.39 is 48.9 Å². The van der Waals surface area contributed by atoms with Gasteiger partial charge < -0.3 is 33.2 Å². The average molecular weight is 458 g/mol. The van der Waals surface area contributed by atoms with Crippen molar-refractivity contribution in [1.82, 2.24) is 0 Å². The molecule has 0 aliphatic carbocycles. The summed E-state index contributed by atoms with van der Waals surface area (Å²) in [6.07, 6.45) is -5.15. The number of carbonyl (C=O) groups is 2. The highest BCUT2D eigenvalue weighted by Crippen LogP contribution is 2.37. The number of hydrogen-bond acceptors (Lipinski definition) is 9. The van der Waals surface area contributed by atoms with Crippen LogP contribution in [0.1, 0.15) is 25.7 Å². The Morgan fingerprint density at radius 2 is 1.48 bits per heavy atom. The fourth-order valence-electron chi connectivity index (χ4n) is 3.85. The minimum Gasteiger partial charge on any atom is -0.497 e. The molecule has 176 valence electrons. The molecule has 2 heterocycles. The number of ether oxygens (including phenoxy) is 7. The summed E-state index contributed by atoms with van der Waals surface area (Å²) in [4.78, 5) is 23.9. The van der Waals surface area contributed by atoms with Crippen LogP contribution in [0, 0.1) is 0 Å². The molecule has 2 aromatic carbocycles. The molecule has 4 rings (SSSR count). The highest BCUT2D eigenvalue weighted by Gasteiger charge is 2.54. The van der Waals surface area contributed by atoms with E-state index in [0.29, 0.717) is 11.5 Å². The highest BCUT2D eigenvalue weighted by atomic mass is 16.8. The van der Waals surface area contributed by atoms with Crippen molar-refractivity contribution < 1.29 is 42.7 Å². The third kappa shape index (κ3) is 5.44. The van der Waals surface area contributed by atoms with Gasteiger partial charge >= 0.3 is 11.9 Å². The number of fused-ring (bicyclic) bond motifs is 1. The fourth-order valence-corrected chi connectivity index (χ4v) is 3.85. The number of rotatable bonds is 6. The maximum absolute atomic E-state index is 12.0. The van der Waals surface area contributed by atoms with Crippen LogP contribution in [0.2, 0.25) is 0 Å². The van der Waals surface area contributed by atoms with Crippen molar-refractivity contribution >= 4 is 11.9 Å². The number of carbonyl (C=O) groups excluding carboxylic acids is 2. The van der Waals surface area contributed by atoms with Crippen LogP contribution in [0.15, 0.2) is 54.6 Å². The quantitative estimate of drug-likeness (QED) is 0.605. The van der Waals surface area contributed by atoms with E-state index in [1.54, 1.807) is 31.4 Å². The summed E-state index contributed by atoms with van der Waals surface area (Å²) in [5.41, 5.74) is 0.804. The summed E-state index contributed by atoms with van der Waals surface area (Å²) in [5.74, 6) is -0.0123. The van der Waals surface area contributed by atoms with Crippen LogP contribution < -0.4 is 9.47 Å². The summed E-state index contributed by atoms with van der Waals surface area (Å²) < 4.78 is 40.3. The Labute approximate surface area is 191 Å². The molecule has 2 aliphatic heterocycles. The van der Waals surface area contributed by atoms with Gasteiger partial charge in [-0.05, 0) is 24.3 Å². The summed E-state index contributed by atoms with van der Waals surface area (Å²) >= 11 is 0. The smallest absolute Gasteiger partial charge is 0.303 e. The van der Waals surface area contributed by atoms with E-state index in [9.17, 15) is 9.59 Å². The summed E-state index contributed by atoms with van der Waals surface area (Å²) in [5, 5.41) is 0. The van der Waals surface area contributed by atoms with Crippen LogP contribution >= 0.6 is 0 Å². The molecular formula is C24H26O9. The lowest BCUT2D eigenvalue weighted by Gasteiger charge is -2.47. The van der Waals surface area contributed by atoms with E-state index in [1.165, 1.54) is 13.8 Å². The van der Waals surface area contributed by atoms with Crippen LogP contribution in [0.3, 0.4) is 0 Å². The molecule has 0 aromatic heterocycles. The molecule has 0 N–H and O–H groups in total. The van der Waals surface area contributed by atoms with Gasteiger partial charge in [0, 0.05) is 19.4 Å². The molecule has 0 spiro atoms. The molecule has 0 unspecified atom stereocenters. The van der Waals surface area contributed by atoms with Crippen molar-refractivity contribution in [3.8, 4) is 11.5 Å². The standard InChI is InChI=1S/C24H26O9/c1-14(25)29-21-20-19(13-28-23(33-20)16-7-5-4-6-8-16)32-24(22(21)30-15(2)26)31-18-11-9-17(27-3)10-12-18/h4-12,19-24H,13H2,1-3H3/t19-,20+,21+,22-,23+,24-/m1/s1. The highest BCUT2D eigenvalue weighted by molar-refractivity contribution is 5.67. The number of benzene rings is 2. The minimum absolute atomic E-state index is 0.164. The Morgan fingerprint density at radius 1 is 0.848 bits per heavy atom. The van der Waals surface area contributed by atoms with Crippen molar-refractivity contribution in [2.24, 2.45) is 0 Å². The molecule has 6 atom stereocenters. The molecular weight excluding hydrogens is 432 g/mol. The average Bonchev–Trinajstić information content (AvgIpc) is 2.81. The van der Waals surface area contributed by atoms with Crippen LogP contribution in [-0.2, 0) is 33.3 Å². The first-order chi connectivity index (χ1) is 15.9. The first-order valence-corrected chi connectivity index (χ1v) is 10.6. The Hall–Kier alpha value is -3.14. The number of esters is 2. The monoisotopic (exact) mass is 458 g/mol. The molecule has 0 radical (unpaired) electrons. The van der Waals surface area contributed by atoms with Gasteiger partial charge in [0.15, 0.2) is 12.4 Å². The molecule has 2 aromatic rings. The third-order valence-electron chi connectivity index (χ3n) is 5.27. The van der Waals surface area contributed by atoms with Crippen molar-refractivity contribution in [2.45, 2.75) is 50.8 Å². The summed E-state index contributed by atoms with van der Waals surface area (Å²) in [6, 6.07) is 16.2. The van der Waals surface area contributed by atoms with Crippen molar-refractivity contribution in [3.05, 3.63) is 60.2 Å². The number of hydrogen-bond donors (Lipinski definition) is 0. The molecule has 9 nitrogen and oxygen atoms in total. The van der Waals surface area contributed by atoms with E-state index >= 15 is 0 Å². The predicted octanol–water partition coefficient (Wildman–Crippen LogP) is 2.78. The lowest BCUT2D eigenvalue weighted by Crippen LogP contribution is -2.64.